The molecule has 2 aromatic rings. The predicted octanol–water partition coefficient (Wildman–Crippen LogP) is 7.01. The molecule has 13 nitrogen and oxygen atoms in total. The molecule has 15 unspecified atom stereocenters. The van der Waals surface area contributed by atoms with Crippen LogP contribution in [0.1, 0.15) is 106 Å². The van der Waals surface area contributed by atoms with Crippen molar-refractivity contribution in [3.63, 3.8) is 0 Å². The summed E-state index contributed by atoms with van der Waals surface area (Å²) in [6.45, 7) is 10.2. The Hall–Kier alpha value is -4.05. The number of aliphatic hydroxyl groups is 3. The first-order valence-electron chi connectivity index (χ1n) is 24.0. The molecule has 3 aliphatic heterocycles. The molecule has 14 heteroatoms. The van der Waals surface area contributed by atoms with Crippen LogP contribution in [0.15, 0.2) is 65.8 Å². The van der Waals surface area contributed by atoms with Crippen LogP contribution in [0.3, 0.4) is 0 Å². The third kappa shape index (κ3) is 11.4. The monoisotopic (exact) mass is 922 g/mol. The van der Waals surface area contributed by atoms with Gasteiger partial charge < -0.3 is 43.9 Å². The van der Waals surface area contributed by atoms with Crippen molar-refractivity contribution in [2.45, 2.75) is 166 Å². The average Bonchev–Trinajstić information content (AvgIpc) is 3.31. The smallest absolute Gasteiger partial charge is 0.329 e. The summed E-state index contributed by atoms with van der Waals surface area (Å²) in [6, 6.07) is 12.5. The number of ketones is 2. The highest BCUT2D eigenvalue weighted by Crippen LogP contribution is 2.40. The Kier molecular flexibility index (Phi) is 17.4. The van der Waals surface area contributed by atoms with Gasteiger partial charge in [-0.15, -0.1) is 0 Å². The van der Waals surface area contributed by atoms with Gasteiger partial charge in [-0.25, -0.2) is 9.18 Å². The number of hydrogen-bond donors (Lipinski definition) is 3. The number of benzene rings is 2. The fourth-order valence-corrected chi connectivity index (χ4v) is 10.6. The summed E-state index contributed by atoms with van der Waals surface area (Å²) in [4.78, 5) is 58.3. The van der Waals surface area contributed by atoms with Gasteiger partial charge in [0.25, 0.3) is 11.7 Å². The van der Waals surface area contributed by atoms with Crippen molar-refractivity contribution in [1.82, 2.24) is 4.90 Å². The molecule has 66 heavy (non-hydrogen) atoms. The van der Waals surface area contributed by atoms with Gasteiger partial charge in [-0.1, -0.05) is 70.2 Å². The van der Waals surface area contributed by atoms with Crippen molar-refractivity contribution < 1.29 is 62.6 Å². The van der Waals surface area contributed by atoms with E-state index in [1.165, 1.54) is 14.2 Å². The number of methoxy groups -OCH3 is 2. The van der Waals surface area contributed by atoms with Crippen LogP contribution in [0.4, 0.5) is 4.39 Å². The molecule has 2 aromatic carbocycles. The first kappa shape index (κ1) is 51.3. The second kappa shape index (κ2) is 22.4. The Labute approximate surface area is 389 Å². The van der Waals surface area contributed by atoms with Crippen LogP contribution in [0.2, 0.25) is 0 Å². The average molecular weight is 922 g/mol. The number of hydrogen-bond acceptors (Lipinski definition) is 12. The third-order valence-electron chi connectivity index (χ3n) is 14.8. The topological polar surface area (TPSA) is 178 Å². The zero-order chi connectivity index (χ0) is 48.0. The van der Waals surface area contributed by atoms with E-state index < -0.39 is 102 Å². The minimum atomic E-state index is -2.62. The molecule has 6 rings (SSSR count). The molecule has 1 aliphatic carbocycles. The van der Waals surface area contributed by atoms with Crippen molar-refractivity contribution >= 4 is 34.2 Å². The molecule has 3 N–H and O–H groups in total. The normalized spacial score (nSPS) is 38.2. The molecule has 3 heterocycles. The van der Waals surface area contributed by atoms with Gasteiger partial charge in [-0.3, -0.25) is 14.4 Å². The fourth-order valence-electron chi connectivity index (χ4n) is 10.6. The minimum absolute atomic E-state index is 0.0367. The lowest BCUT2D eigenvalue weighted by Crippen LogP contribution is -2.64. The van der Waals surface area contributed by atoms with Crippen molar-refractivity contribution in [1.29, 1.82) is 0 Å². The summed E-state index contributed by atoms with van der Waals surface area (Å²) < 4.78 is 46.8. The second-order valence-corrected chi connectivity index (χ2v) is 19.5. The maximum absolute atomic E-state index is 16.3. The summed E-state index contributed by atoms with van der Waals surface area (Å²) in [7, 11) is 2.88. The highest BCUT2D eigenvalue weighted by molar-refractivity contribution is 6.39. The highest BCUT2D eigenvalue weighted by Gasteiger charge is 2.57. The number of rotatable bonds is 7. The number of allylic oxidation sites excluding steroid dienone is 3. The minimum Gasteiger partial charge on any atom is -0.488 e. The molecule has 1 amide bonds. The number of amides is 1. The van der Waals surface area contributed by atoms with Gasteiger partial charge in [-0.05, 0) is 118 Å². The number of alkyl halides is 1. The number of fused-ring (bicyclic) bond motifs is 4. The number of nitrogens with zero attached hydrogens (tertiary/aromatic N) is 1. The lowest BCUT2D eigenvalue weighted by Gasteiger charge is -2.47. The van der Waals surface area contributed by atoms with Crippen LogP contribution in [0, 0.1) is 29.6 Å². The van der Waals surface area contributed by atoms with Crippen LogP contribution >= 0.6 is 0 Å². The zero-order valence-electron chi connectivity index (χ0n) is 39.9. The number of halogens is 1. The quantitative estimate of drug-likeness (QED) is 0.147. The van der Waals surface area contributed by atoms with Crippen LogP contribution in [0.5, 0.6) is 5.75 Å². The molecule has 0 radical (unpaired) electrons. The van der Waals surface area contributed by atoms with Gasteiger partial charge >= 0.3 is 5.97 Å². The number of Topliss-reactive ketones (excluding diaryl/α,β-unsaturated/α-hetero) is 2. The standard InChI is InChI=1S/C52H72FNO12/c1-9-35-23-29(2)46(53)30(3)24-44(62-7)48-45(63-8)25-32(5)52(61,66-48)49(58)50(59)54-21-13-12-16-39(54)51(60)65-47(33(6)41(56)28-42(35)57)31(4)22-34-17-20-40(55)43(26-34)64-38-19-18-36-14-10-11-15-37(36)27-38/h10-11,14-15,18-19,22-23,27,30,32-35,39-41,43-48,55-56,61H,9,12-13,16-17,20-21,24-26,28H2,1-8H3/b29-23+,31-22?. The number of carbonyl (C=O) groups is 4. The molecule has 1 saturated carbocycles. The number of piperidine rings is 1. The number of aliphatic hydroxyl groups excluding tert-OH is 2. The Bertz CT molecular complexity index is 2090. The lowest BCUT2D eigenvalue weighted by molar-refractivity contribution is -0.302. The van der Waals surface area contributed by atoms with Gasteiger partial charge in [0.1, 0.15) is 42.1 Å². The van der Waals surface area contributed by atoms with Crippen molar-refractivity contribution in [3.8, 4) is 5.75 Å². The van der Waals surface area contributed by atoms with E-state index in [1.807, 2.05) is 55.5 Å². The molecule has 3 fully saturated rings. The van der Waals surface area contributed by atoms with E-state index in [0.29, 0.717) is 55.4 Å². The number of carbonyl (C=O) groups excluding carboxylic acids is 4. The second-order valence-electron chi connectivity index (χ2n) is 19.5. The van der Waals surface area contributed by atoms with Crippen LogP contribution in [-0.2, 0) is 38.1 Å². The van der Waals surface area contributed by atoms with Crippen LogP contribution in [-0.4, -0.2) is 125 Å². The summed E-state index contributed by atoms with van der Waals surface area (Å²) in [5.74, 6) is -8.68. The molecule has 2 saturated heterocycles. The number of esters is 1. The fraction of sp³-hybridized carbons (Fsp3) is 0.654. The SMILES string of the molecule is CCC1/C=C(\C)C(F)C(C)CC(OC)C2OC(O)(C(=O)C(=O)N3CCCCC3C(=O)OC(C(C)=CC3CCC(O)C(Oc4ccc5ccccc5c4)C3)C(C)C(O)CC1=O)C(C)CC2OC. The molecule has 2 bridgehead atoms. The molecular formula is C52H72FNO12. The van der Waals surface area contributed by atoms with Gasteiger partial charge in [0, 0.05) is 44.9 Å². The molecular weight excluding hydrogens is 850 g/mol. The summed E-state index contributed by atoms with van der Waals surface area (Å²) >= 11 is 0. The predicted molar refractivity (Wildman–Crippen MR) is 246 cm³/mol. The van der Waals surface area contributed by atoms with E-state index in [9.17, 15) is 34.5 Å². The lowest BCUT2D eigenvalue weighted by atomic mass is 9.81. The Morgan fingerprint density at radius 2 is 1.61 bits per heavy atom. The van der Waals surface area contributed by atoms with Crippen LogP contribution in [0.25, 0.3) is 10.8 Å². The first-order chi connectivity index (χ1) is 31.4. The molecule has 15 atom stereocenters. The largest absolute Gasteiger partial charge is 0.488 e. The Morgan fingerprint density at radius 3 is 2.30 bits per heavy atom. The maximum Gasteiger partial charge on any atom is 0.329 e. The summed E-state index contributed by atoms with van der Waals surface area (Å²) in [6.07, 6.45) is -1.20. The van der Waals surface area contributed by atoms with E-state index in [-0.39, 0.29) is 43.9 Å². The van der Waals surface area contributed by atoms with Crippen molar-refractivity contribution in [3.05, 3.63) is 65.8 Å². The van der Waals surface area contributed by atoms with Crippen molar-refractivity contribution in [2.24, 2.45) is 29.6 Å². The number of cyclic esters (lactones) is 1. The summed E-state index contributed by atoms with van der Waals surface area (Å²) in [5.41, 5.74) is 0.922. The molecule has 0 spiro atoms. The van der Waals surface area contributed by atoms with Crippen LogP contribution < -0.4 is 4.74 Å². The van der Waals surface area contributed by atoms with Gasteiger partial charge in [0.05, 0.1) is 24.4 Å². The highest BCUT2D eigenvalue weighted by atomic mass is 19.1. The molecule has 4 aliphatic rings. The molecule has 364 valence electrons. The van der Waals surface area contributed by atoms with E-state index in [2.05, 4.69) is 0 Å². The van der Waals surface area contributed by atoms with Gasteiger partial charge in [-0.2, -0.15) is 0 Å². The maximum atomic E-state index is 16.3. The van der Waals surface area contributed by atoms with E-state index in [0.717, 1.165) is 15.7 Å². The Morgan fingerprint density at radius 1 is 0.909 bits per heavy atom. The van der Waals surface area contributed by atoms with E-state index in [1.54, 1.807) is 40.7 Å². The zero-order valence-corrected chi connectivity index (χ0v) is 39.9. The molecule has 0 aromatic heterocycles. The van der Waals surface area contributed by atoms with Gasteiger partial charge in [0.15, 0.2) is 0 Å². The van der Waals surface area contributed by atoms with Crippen molar-refractivity contribution in [2.75, 3.05) is 20.8 Å². The van der Waals surface area contributed by atoms with E-state index in [4.69, 9.17) is 23.7 Å². The summed E-state index contributed by atoms with van der Waals surface area (Å²) in [5, 5.41) is 37.1. The number of ether oxygens (including phenoxy) is 5. The third-order valence-corrected chi connectivity index (χ3v) is 14.8. The Balaban J connectivity index is 1.34. The van der Waals surface area contributed by atoms with Gasteiger partial charge in [0.2, 0.25) is 5.79 Å². The first-order valence-corrected chi connectivity index (χ1v) is 24.0. The van der Waals surface area contributed by atoms with E-state index >= 15 is 4.39 Å².